The number of aromatic amines is 1. The molecule has 0 saturated heterocycles. The first-order chi connectivity index (χ1) is 14.5. The lowest BCUT2D eigenvalue weighted by molar-refractivity contribution is -0.121. The van der Waals surface area contributed by atoms with Gasteiger partial charge in [-0.05, 0) is 60.7 Å². The maximum atomic E-state index is 12.5. The topological polar surface area (TPSA) is 66.0 Å². The molecule has 1 amide bonds. The van der Waals surface area contributed by atoms with Crippen molar-refractivity contribution in [3.8, 4) is 11.4 Å². The highest BCUT2D eigenvalue weighted by molar-refractivity contribution is 7.71. The summed E-state index contributed by atoms with van der Waals surface area (Å²) in [6, 6.07) is 15.6. The molecule has 0 aliphatic carbocycles. The summed E-state index contributed by atoms with van der Waals surface area (Å²) in [6.45, 7) is 7.88. The molecule has 1 aromatic heterocycles. The predicted octanol–water partition coefficient (Wildman–Crippen LogP) is 4.42. The van der Waals surface area contributed by atoms with Crippen LogP contribution in [0.5, 0.6) is 0 Å². The van der Waals surface area contributed by atoms with Crippen molar-refractivity contribution in [1.82, 2.24) is 25.0 Å². The molecule has 0 spiro atoms. The molecular formula is C22H26ClN5OS. The van der Waals surface area contributed by atoms with Crippen molar-refractivity contribution in [2.24, 2.45) is 0 Å². The molecule has 0 aliphatic heterocycles. The number of nitrogens with zero attached hydrogens (tertiary/aromatic N) is 3. The Morgan fingerprint density at radius 3 is 2.37 bits per heavy atom. The van der Waals surface area contributed by atoms with Gasteiger partial charge in [-0.2, -0.15) is 5.10 Å². The minimum atomic E-state index is -0.130. The number of hydrogen-bond donors (Lipinski definition) is 2. The maximum Gasteiger partial charge on any atom is 0.240 e. The Labute approximate surface area is 186 Å². The van der Waals surface area contributed by atoms with E-state index in [2.05, 4.69) is 58.5 Å². The fourth-order valence-electron chi connectivity index (χ4n) is 3.15. The van der Waals surface area contributed by atoms with Gasteiger partial charge >= 0.3 is 0 Å². The molecule has 0 atom stereocenters. The quantitative estimate of drug-likeness (QED) is 0.480. The van der Waals surface area contributed by atoms with Crippen LogP contribution in [0, 0.1) is 4.77 Å². The lowest BCUT2D eigenvalue weighted by Gasteiger charge is -2.18. The number of aromatic nitrogens is 3. The Morgan fingerprint density at radius 2 is 1.73 bits per heavy atom. The van der Waals surface area contributed by atoms with Crippen molar-refractivity contribution < 1.29 is 4.79 Å². The van der Waals surface area contributed by atoms with Crippen molar-refractivity contribution in [2.45, 2.75) is 33.5 Å². The number of amides is 1. The maximum absolute atomic E-state index is 12.5. The SMILES string of the molecule is CCN(CC)Cc1ccc(CNC(=O)Cn2c(-c3ccc(Cl)cc3)n[nH]c2=S)cc1. The second-order valence-corrected chi connectivity index (χ2v) is 7.82. The van der Waals surface area contributed by atoms with Gasteiger partial charge in [0, 0.05) is 23.7 Å². The molecule has 3 rings (SSSR count). The summed E-state index contributed by atoms with van der Waals surface area (Å²) in [6.07, 6.45) is 0. The van der Waals surface area contributed by atoms with Crippen LogP contribution in [0.1, 0.15) is 25.0 Å². The van der Waals surface area contributed by atoms with E-state index >= 15 is 0 Å². The Hall–Kier alpha value is -2.48. The van der Waals surface area contributed by atoms with Gasteiger partial charge in [0.15, 0.2) is 10.6 Å². The normalized spacial score (nSPS) is 11.1. The number of halogens is 1. The van der Waals surface area contributed by atoms with Crippen LogP contribution in [0.2, 0.25) is 5.02 Å². The van der Waals surface area contributed by atoms with Crippen molar-refractivity contribution in [3.63, 3.8) is 0 Å². The second-order valence-electron chi connectivity index (χ2n) is 7.00. The molecule has 0 aliphatic rings. The molecule has 158 valence electrons. The number of rotatable bonds is 9. The van der Waals surface area contributed by atoms with Gasteiger partial charge < -0.3 is 5.32 Å². The molecule has 0 radical (unpaired) electrons. The summed E-state index contributed by atoms with van der Waals surface area (Å²) in [5.74, 6) is 0.475. The Kier molecular flexibility index (Phi) is 7.79. The van der Waals surface area contributed by atoms with Crippen molar-refractivity contribution in [3.05, 3.63) is 69.5 Å². The minimum absolute atomic E-state index is 0.0906. The number of hydrogen-bond acceptors (Lipinski definition) is 4. The van der Waals surface area contributed by atoms with Crippen molar-refractivity contribution in [2.75, 3.05) is 13.1 Å². The molecule has 2 aromatic carbocycles. The highest BCUT2D eigenvalue weighted by atomic mass is 35.5. The summed E-state index contributed by atoms with van der Waals surface area (Å²) < 4.78 is 2.08. The van der Waals surface area contributed by atoms with E-state index in [0.29, 0.717) is 22.2 Å². The molecule has 2 N–H and O–H groups in total. The number of carbonyl (C=O) groups is 1. The molecule has 0 saturated carbocycles. The highest BCUT2D eigenvalue weighted by Gasteiger charge is 2.12. The Morgan fingerprint density at radius 1 is 1.10 bits per heavy atom. The van der Waals surface area contributed by atoms with Crippen molar-refractivity contribution in [1.29, 1.82) is 0 Å². The summed E-state index contributed by atoms with van der Waals surface area (Å²) in [4.78, 5) is 14.9. The fraction of sp³-hybridized carbons (Fsp3) is 0.318. The number of nitrogens with one attached hydrogen (secondary N) is 2. The van der Waals surface area contributed by atoms with E-state index in [1.54, 1.807) is 16.7 Å². The minimum Gasteiger partial charge on any atom is -0.350 e. The summed E-state index contributed by atoms with van der Waals surface area (Å²) in [5.41, 5.74) is 3.16. The van der Waals surface area contributed by atoms with E-state index in [0.717, 1.165) is 30.8 Å². The largest absolute Gasteiger partial charge is 0.350 e. The monoisotopic (exact) mass is 443 g/mol. The zero-order valence-electron chi connectivity index (χ0n) is 17.2. The summed E-state index contributed by atoms with van der Waals surface area (Å²) >= 11 is 11.3. The lowest BCUT2D eigenvalue weighted by atomic mass is 10.1. The van der Waals surface area contributed by atoms with Gasteiger partial charge in [-0.1, -0.05) is 49.7 Å². The van der Waals surface area contributed by atoms with Gasteiger partial charge in [-0.15, -0.1) is 0 Å². The Balaban J connectivity index is 1.60. The third kappa shape index (κ3) is 5.78. The molecular weight excluding hydrogens is 418 g/mol. The highest BCUT2D eigenvalue weighted by Crippen LogP contribution is 2.20. The van der Waals surface area contributed by atoms with Crippen LogP contribution in [0.25, 0.3) is 11.4 Å². The van der Waals surface area contributed by atoms with Gasteiger partial charge in [0.25, 0.3) is 0 Å². The standard InChI is InChI=1S/C22H26ClN5OS/c1-3-27(4-2)14-17-7-5-16(6-8-17)13-24-20(29)15-28-21(25-26-22(28)30)18-9-11-19(23)12-10-18/h5-12H,3-4,13-15H2,1-2H3,(H,24,29)(H,26,30). The molecule has 6 nitrogen and oxygen atoms in total. The van der Waals surface area contributed by atoms with Gasteiger partial charge in [-0.3, -0.25) is 19.4 Å². The second kappa shape index (κ2) is 10.5. The number of carbonyl (C=O) groups excluding carboxylic acids is 1. The van der Waals surface area contributed by atoms with E-state index in [-0.39, 0.29) is 12.5 Å². The van der Waals surface area contributed by atoms with Gasteiger partial charge in [0.1, 0.15) is 6.54 Å². The van der Waals surface area contributed by atoms with Gasteiger partial charge in [0.2, 0.25) is 5.91 Å². The average Bonchev–Trinajstić information content (AvgIpc) is 3.12. The van der Waals surface area contributed by atoms with Crippen LogP contribution in [0.3, 0.4) is 0 Å². The van der Waals surface area contributed by atoms with E-state index < -0.39 is 0 Å². The molecule has 8 heteroatoms. The Bertz CT molecular complexity index is 1020. The lowest BCUT2D eigenvalue weighted by Crippen LogP contribution is -2.27. The average molecular weight is 444 g/mol. The van der Waals surface area contributed by atoms with Crippen molar-refractivity contribution >= 4 is 29.7 Å². The van der Waals surface area contributed by atoms with Gasteiger partial charge in [0.05, 0.1) is 0 Å². The molecule has 30 heavy (non-hydrogen) atoms. The smallest absolute Gasteiger partial charge is 0.240 e. The van der Waals surface area contributed by atoms with Crippen LogP contribution < -0.4 is 5.32 Å². The molecule has 0 fully saturated rings. The first kappa shape index (κ1) is 22.2. The molecule has 3 aromatic rings. The number of benzene rings is 2. The van der Waals surface area contributed by atoms with Crippen LogP contribution in [0.15, 0.2) is 48.5 Å². The predicted molar refractivity (Wildman–Crippen MR) is 123 cm³/mol. The van der Waals surface area contributed by atoms with E-state index in [9.17, 15) is 4.79 Å². The van der Waals surface area contributed by atoms with Gasteiger partial charge in [-0.25, -0.2) is 0 Å². The fourth-order valence-corrected chi connectivity index (χ4v) is 3.47. The first-order valence-corrected chi connectivity index (χ1v) is 10.8. The first-order valence-electron chi connectivity index (χ1n) is 9.98. The van der Waals surface area contributed by atoms with Crippen LogP contribution in [-0.2, 0) is 24.4 Å². The molecule has 0 unspecified atom stereocenters. The zero-order chi connectivity index (χ0) is 21.5. The third-order valence-corrected chi connectivity index (χ3v) is 5.54. The van der Waals surface area contributed by atoms with Crippen LogP contribution >= 0.6 is 23.8 Å². The van der Waals surface area contributed by atoms with E-state index in [1.165, 1.54) is 5.56 Å². The van der Waals surface area contributed by atoms with Crippen LogP contribution in [0.4, 0.5) is 0 Å². The van der Waals surface area contributed by atoms with Crippen LogP contribution in [-0.4, -0.2) is 38.7 Å². The third-order valence-electron chi connectivity index (χ3n) is 4.98. The molecule has 0 bridgehead atoms. The van der Waals surface area contributed by atoms with E-state index in [1.807, 2.05) is 12.1 Å². The van der Waals surface area contributed by atoms with E-state index in [4.69, 9.17) is 23.8 Å². The molecule has 1 heterocycles. The zero-order valence-corrected chi connectivity index (χ0v) is 18.8. The number of H-pyrrole nitrogens is 1. The summed E-state index contributed by atoms with van der Waals surface area (Å²) in [7, 11) is 0. The summed E-state index contributed by atoms with van der Waals surface area (Å²) in [5, 5.41) is 10.6.